The maximum Gasteiger partial charge on any atom is 0.118 e. The molecule has 0 aromatic rings. The van der Waals surface area contributed by atoms with E-state index in [0.717, 1.165) is 13.1 Å². The number of likely N-dealkylation sites (N-methyl/N-ethyl adjacent to an activating group) is 2. The molecule has 0 spiro atoms. The predicted octanol–water partition coefficient (Wildman–Crippen LogP) is -2.06. The van der Waals surface area contributed by atoms with Crippen molar-refractivity contribution < 1.29 is 0 Å². The minimum absolute atomic E-state index is 0.190. The summed E-state index contributed by atoms with van der Waals surface area (Å²) in [6.45, 7) is 2.11. The third-order valence-corrected chi connectivity index (χ3v) is 1.98. The Kier molecular flexibility index (Phi) is 2.80. The monoisotopic (exact) mass is 159 g/mol. The van der Waals surface area contributed by atoms with E-state index in [1.807, 2.05) is 14.1 Å². The molecule has 66 valence electrons. The fraction of sp³-hybridized carbons (Fsp3) is 1.00. The number of hydrogen-bond donors (Lipinski definition) is 3. The molecule has 1 heterocycles. The molecule has 0 aromatic carbocycles. The van der Waals surface area contributed by atoms with Crippen LogP contribution in [0.3, 0.4) is 0 Å². The second-order valence-electron chi connectivity index (χ2n) is 3.03. The van der Waals surface area contributed by atoms with Crippen molar-refractivity contribution in [3.05, 3.63) is 0 Å². The normalized spacial score (nSPS) is 23.7. The van der Waals surface area contributed by atoms with E-state index in [2.05, 4.69) is 15.1 Å². The first kappa shape index (κ1) is 8.89. The van der Waals surface area contributed by atoms with E-state index < -0.39 is 6.29 Å². The van der Waals surface area contributed by atoms with E-state index in [4.69, 9.17) is 11.5 Å². The highest BCUT2D eigenvalue weighted by Crippen LogP contribution is 2.05. The number of nitrogens with zero attached hydrogens (tertiary/aromatic N) is 2. The molecule has 1 fully saturated rings. The molecule has 1 rings (SSSR count). The molecule has 5 heteroatoms. The highest BCUT2D eigenvalue weighted by molar-refractivity contribution is 4.75. The molecule has 1 aliphatic rings. The Morgan fingerprint density at radius 2 is 1.73 bits per heavy atom. The Balaban J connectivity index is 2.41. The van der Waals surface area contributed by atoms with Crippen molar-refractivity contribution in [2.24, 2.45) is 11.5 Å². The van der Waals surface area contributed by atoms with Crippen LogP contribution in [-0.2, 0) is 0 Å². The van der Waals surface area contributed by atoms with Crippen molar-refractivity contribution >= 4 is 0 Å². The molecule has 0 aromatic heterocycles. The average molecular weight is 159 g/mol. The Bertz CT molecular complexity index is 116. The summed E-state index contributed by atoms with van der Waals surface area (Å²) < 4.78 is 0. The lowest BCUT2D eigenvalue weighted by molar-refractivity contribution is 0.133. The standard InChI is InChI=1S/C6H17N5/c1-10-3-4-11(2)6(10)9-5(7)8/h5-6,9H,3-4,7-8H2,1-2H3. The lowest BCUT2D eigenvalue weighted by Gasteiger charge is -2.27. The molecule has 0 unspecified atom stereocenters. The van der Waals surface area contributed by atoms with Crippen LogP contribution in [-0.4, -0.2) is 49.6 Å². The third-order valence-electron chi connectivity index (χ3n) is 1.98. The van der Waals surface area contributed by atoms with Crippen molar-refractivity contribution in [2.45, 2.75) is 12.6 Å². The Morgan fingerprint density at radius 3 is 2.09 bits per heavy atom. The third kappa shape index (κ3) is 2.11. The summed E-state index contributed by atoms with van der Waals surface area (Å²) in [6, 6.07) is 0. The van der Waals surface area contributed by atoms with Crippen LogP contribution in [0.15, 0.2) is 0 Å². The molecule has 1 aliphatic heterocycles. The maximum atomic E-state index is 5.41. The second kappa shape index (κ2) is 3.46. The van der Waals surface area contributed by atoms with Gasteiger partial charge in [0.25, 0.3) is 0 Å². The minimum atomic E-state index is -0.442. The Hall–Kier alpha value is -0.200. The summed E-state index contributed by atoms with van der Waals surface area (Å²) in [5.74, 6) is 0. The lowest BCUT2D eigenvalue weighted by Crippen LogP contribution is -2.57. The molecule has 1 saturated heterocycles. The van der Waals surface area contributed by atoms with Gasteiger partial charge in [-0.25, -0.2) is 0 Å². The smallest absolute Gasteiger partial charge is 0.118 e. The van der Waals surface area contributed by atoms with Crippen molar-refractivity contribution in [2.75, 3.05) is 27.2 Å². The Labute approximate surface area is 67.3 Å². The van der Waals surface area contributed by atoms with Crippen LogP contribution in [0.2, 0.25) is 0 Å². The highest BCUT2D eigenvalue weighted by Gasteiger charge is 2.26. The van der Waals surface area contributed by atoms with Gasteiger partial charge < -0.3 is 11.5 Å². The van der Waals surface area contributed by atoms with Gasteiger partial charge >= 0.3 is 0 Å². The topological polar surface area (TPSA) is 70.5 Å². The van der Waals surface area contributed by atoms with Gasteiger partial charge in [-0.3, -0.25) is 15.1 Å². The molecule has 0 saturated carbocycles. The van der Waals surface area contributed by atoms with E-state index >= 15 is 0 Å². The van der Waals surface area contributed by atoms with Crippen LogP contribution >= 0.6 is 0 Å². The van der Waals surface area contributed by atoms with E-state index in [1.54, 1.807) is 0 Å². The molecule has 0 aliphatic carbocycles. The number of nitrogens with one attached hydrogen (secondary N) is 1. The largest absolute Gasteiger partial charge is 0.304 e. The molecule has 0 radical (unpaired) electrons. The summed E-state index contributed by atoms with van der Waals surface area (Å²) in [5, 5.41) is 3.05. The molecule has 0 atom stereocenters. The van der Waals surface area contributed by atoms with Crippen LogP contribution in [0.1, 0.15) is 0 Å². The first-order valence-corrected chi connectivity index (χ1v) is 3.79. The van der Waals surface area contributed by atoms with E-state index in [0.29, 0.717) is 0 Å². The predicted molar refractivity (Wildman–Crippen MR) is 44.3 cm³/mol. The van der Waals surface area contributed by atoms with Crippen molar-refractivity contribution in [1.29, 1.82) is 0 Å². The zero-order valence-corrected chi connectivity index (χ0v) is 7.12. The fourth-order valence-corrected chi connectivity index (χ4v) is 1.32. The van der Waals surface area contributed by atoms with Gasteiger partial charge in [0, 0.05) is 13.1 Å². The summed E-state index contributed by atoms with van der Waals surface area (Å²) in [5.41, 5.74) is 10.8. The number of rotatable bonds is 2. The molecule has 5 N–H and O–H groups in total. The van der Waals surface area contributed by atoms with E-state index in [9.17, 15) is 0 Å². The average Bonchev–Trinajstić information content (AvgIpc) is 2.18. The molecular weight excluding hydrogens is 142 g/mol. The van der Waals surface area contributed by atoms with Gasteiger partial charge in [-0.2, -0.15) is 0 Å². The van der Waals surface area contributed by atoms with E-state index in [-0.39, 0.29) is 6.29 Å². The summed E-state index contributed by atoms with van der Waals surface area (Å²) >= 11 is 0. The first-order valence-electron chi connectivity index (χ1n) is 3.79. The molecule has 11 heavy (non-hydrogen) atoms. The fourth-order valence-electron chi connectivity index (χ4n) is 1.32. The van der Waals surface area contributed by atoms with Gasteiger partial charge in [-0.1, -0.05) is 0 Å². The SMILES string of the molecule is CN1CCN(C)C1NC(N)N. The van der Waals surface area contributed by atoms with Crippen LogP contribution in [0.5, 0.6) is 0 Å². The first-order chi connectivity index (χ1) is 5.11. The van der Waals surface area contributed by atoms with Crippen molar-refractivity contribution in [1.82, 2.24) is 15.1 Å². The maximum absolute atomic E-state index is 5.41. The highest BCUT2D eigenvalue weighted by atomic mass is 15.5. The van der Waals surface area contributed by atoms with Crippen LogP contribution in [0, 0.1) is 0 Å². The number of nitrogens with two attached hydrogens (primary N) is 2. The second-order valence-corrected chi connectivity index (χ2v) is 3.03. The summed E-state index contributed by atoms with van der Waals surface area (Å²) in [7, 11) is 4.09. The number of hydrogen-bond acceptors (Lipinski definition) is 5. The molecule has 0 bridgehead atoms. The van der Waals surface area contributed by atoms with Crippen LogP contribution < -0.4 is 16.8 Å². The quantitative estimate of drug-likeness (QED) is 0.404. The molecular formula is C6H17N5. The van der Waals surface area contributed by atoms with Crippen molar-refractivity contribution in [3.63, 3.8) is 0 Å². The van der Waals surface area contributed by atoms with Crippen molar-refractivity contribution in [3.8, 4) is 0 Å². The van der Waals surface area contributed by atoms with E-state index in [1.165, 1.54) is 0 Å². The summed E-state index contributed by atoms with van der Waals surface area (Å²) in [6.07, 6.45) is -0.252. The lowest BCUT2D eigenvalue weighted by atomic mass is 10.6. The summed E-state index contributed by atoms with van der Waals surface area (Å²) in [4.78, 5) is 4.35. The molecule has 5 nitrogen and oxygen atoms in total. The Morgan fingerprint density at radius 1 is 1.27 bits per heavy atom. The zero-order valence-electron chi connectivity index (χ0n) is 7.12. The van der Waals surface area contributed by atoms with Gasteiger partial charge in [-0.05, 0) is 14.1 Å². The minimum Gasteiger partial charge on any atom is -0.304 e. The van der Waals surface area contributed by atoms with Gasteiger partial charge in [0.1, 0.15) is 12.6 Å². The van der Waals surface area contributed by atoms with Gasteiger partial charge in [-0.15, -0.1) is 0 Å². The van der Waals surface area contributed by atoms with Gasteiger partial charge in [0.05, 0.1) is 0 Å². The molecule has 0 amide bonds. The van der Waals surface area contributed by atoms with Crippen LogP contribution in [0.25, 0.3) is 0 Å². The zero-order chi connectivity index (χ0) is 8.43. The van der Waals surface area contributed by atoms with Gasteiger partial charge in [0.15, 0.2) is 0 Å². The van der Waals surface area contributed by atoms with Crippen LogP contribution in [0.4, 0.5) is 0 Å². The van der Waals surface area contributed by atoms with Gasteiger partial charge in [0.2, 0.25) is 0 Å².